The number of benzene rings is 1. The van der Waals surface area contributed by atoms with E-state index in [2.05, 4.69) is 27.3 Å². The summed E-state index contributed by atoms with van der Waals surface area (Å²) in [5.74, 6) is 0. The number of hydrogen-bond donors (Lipinski definition) is 2. The molecule has 0 aromatic heterocycles. The van der Waals surface area contributed by atoms with Crippen molar-refractivity contribution in [2.45, 2.75) is 50.9 Å². The summed E-state index contributed by atoms with van der Waals surface area (Å²) in [4.78, 5) is 0. The number of nitrogens with one attached hydrogen (secondary N) is 1. The van der Waals surface area contributed by atoms with Gasteiger partial charge < -0.3 is 15.2 Å². The van der Waals surface area contributed by atoms with Crippen molar-refractivity contribution in [1.29, 1.82) is 0 Å². The molecule has 1 aromatic rings. The van der Waals surface area contributed by atoms with E-state index < -0.39 is 0 Å². The molecule has 0 bridgehead atoms. The minimum absolute atomic E-state index is 0.146. The van der Waals surface area contributed by atoms with Crippen molar-refractivity contribution in [2.24, 2.45) is 0 Å². The predicted molar refractivity (Wildman–Crippen MR) is 81.4 cm³/mol. The number of rotatable bonds is 4. The van der Waals surface area contributed by atoms with Crippen LogP contribution >= 0.6 is 15.9 Å². The molecule has 1 aliphatic rings. The molecule has 106 valence electrons. The van der Waals surface area contributed by atoms with E-state index in [0.29, 0.717) is 6.61 Å². The zero-order valence-corrected chi connectivity index (χ0v) is 12.9. The topological polar surface area (TPSA) is 41.5 Å². The Morgan fingerprint density at radius 3 is 2.89 bits per heavy atom. The van der Waals surface area contributed by atoms with Crippen molar-refractivity contribution in [1.82, 2.24) is 0 Å². The minimum atomic E-state index is -0.253. The molecule has 0 heterocycles. The van der Waals surface area contributed by atoms with E-state index in [1.54, 1.807) is 7.11 Å². The van der Waals surface area contributed by atoms with Gasteiger partial charge in [-0.05, 0) is 25.0 Å². The van der Waals surface area contributed by atoms with E-state index in [4.69, 9.17) is 4.74 Å². The van der Waals surface area contributed by atoms with Crippen LogP contribution in [0.2, 0.25) is 0 Å². The van der Waals surface area contributed by atoms with Crippen LogP contribution in [0.5, 0.6) is 0 Å². The van der Waals surface area contributed by atoms with Crippen LogP contribution in [0.4, 0.5) is 5.69 Å². The molecule has 1 aliphatic carbocycles. The normalized spacial score (nSPS) is 23.9. The van der Waals surface area contributed by atoms with Crippen molar-refractivity contribution < 1.29 is 9.84 Å². The molecule has 1 fully saturated rings. The second-order valence-corrected chi connectivity index (χ2v) is 6.01. The first-order valence-corrected chi connectivity index (χ1v) is 7.72. The summed E-state index contributed by atoms with van der Waals surface area (Å²) in [5.41, 5.74) is 2.17. The molecule has 1 aromatic carbocycles. The fourth-order valence-corrected chi connectivity index (χ4v) is 3.12. The predicted octanol–water partition coefficient (Wildman–Crippen LogP) is 3.70. The maximum absolute atomic E-state index is 10.2. The summed E-state index contributed by atoms with van der Waals surface area (Å²) in [6, 6.07) is 6.22. The molecular formula is C15H22BrNO2. The highest BCUT2D eigenvalue weighted by atomic mass is 79.9. The summed E-state index contributed by atoms with van der Waals surface area (Å²) in [6.07, 6.45) is 5.20. The Bertz CT molecular complexity index is 411. The first-order valence-electron chi connectivity index (χ1n) is 6.93. The molecule has 1 saturated carbocycles. The summed E-state index contributed by atoms with van der Waals surface area (Å²) >= 11 is 3.56. The lowest BCUT2D eigenvalue weighted by atomic mass is 10.0. The molecule has 19 heavy (non-hydrogen) atoms. The Labute approximate surface area is 123 Å². The monoisotopic (exact) mass is 327 g/mol. The number of ether oxygens (including phenoxy) is 1. The van der Waals surface area contributed by atoms with Gasteiger partial charge in [0.05, 0.1) is 18.8 Å². The van der Waals surface area contributed by atoms with E-state index >= 15 is 0 Å². The van der Waals surface area contributed by atoms with Crippen molar-refractivity contribution >= 4 is 21.6 Å². The van der Waals surface area contributed by atoms with Crippen molar-refractivity contribution in [3.63, 3.8) is 0 Å². The lowest BCUT2D eigenvalue weighted by molar-refractivity contribution is 0.144. The van der Waals surface area contributed by atoms with Crippen LogP contribution in [-0.4, -0.2) is 24.4 Å². The second-order valence-electron chi connectivity index (χ2n) is 5.16. The number of halogens is 1. The van der Waals surface area contributed by atoms with E-state index in [1.807, 2.05) is 12.1 Å². The third kappa shape index (κ3) is 3.94. The Hall–Kier alpha value is -0.580. The van der Waals surface area contributed by atoms with Gasteiger partial charge in [0, 0.05) is 22.8 Å². The van der Waals surface area contributed by atoms with Gasteiger partial charge in [-0.1, -0.05) is 41.3 Å². The van der Waals surface area contributed by atoms with Crippen LogP contribution in [0.3, 0.4) is 0 Å². The maximum Gasteiger partial charge on any atom is 0.0744 e. The lowest BCUT2D eigenvalue weighted by Crippen LogP contribution is -2.32. The maximum atomic E-state index is 10.2. The van der Waals surface area contributed by atoms with E-state index in [1.165, 1.54) is 12.8 Å². The summed E-state index contributed by atoms with van der Waals surface area (Å²) < 4.78 is 6.30. The average Bonchev–Trinajstić information content (AvgIpc) is 2.59. The van der Waals surface area contributed by atoms with Crippen LogP contribution in [0, 0.1) is 0 Å². The van der Waals surface area contributed by atoms with E-state index in [9.17, 15) is 5.11 Å². The molecule has 3 nitrogen and oxygen atoms in total. The van der Waals surface area contributed by atoms with Crippen LogP contribution in [0.1, 0.15) is 37.7 Å². The molecule has 4 heteroatoms. The van der Waals surface area contributed by atoms with Gasteiger partial charge in [0.25, 0.3) is 0 Å². The molecule has 2 unspecified atom stereocenters. The average molecular weight is 328 g/mol. The molecule has 0 saturated heterocycles. The first-order chi connectivity index (χ1) is 9.22. The zero-order chi connectivity index (χ0) is 13.7. The molecular weight excluding hydrogens is 306 g/mol. The number of hydrogen-bond acceptors (Lipinski definition) is 3. The summed E-state index contributed by atoms with van der Waals surface area (Å²) in [5, 5.41) is 13.7. The highest BCUT2D eigenvalue weighted by Crippen LogP contribution is 2.28. The number of methoxy groups -OCH3 is 1. The van der Waals surface area contributed by atoms with Gasteiger partial charge in [0.1, 0.15) is 0 Å². The number of anilines is 1. The Morgan fingerprint density at radius 1 is 1.32 bits per heavy atom. The van der Waals surface area contributed by atoms with Gasteiger partial charge in [0.15, 0.2) is 0 Å². The Morgan fingerprint density at radius 2 is 2.11 bits per heavy atom. The molecule has 0 radical (unpaired) electrons. The standard InChI is InChI=1S/C15H22BrNO2/c1-19-10-11-12(16)6-5-8-13(11)17-14-7-3-2-4-9-15(14)18/h5-6,8,14-15,17-18H,2-4,7,9-10H2,1H3. The van der Waals surface area contributed by atoms with Gasteiger partial charge >= 0.3 is 0 Å². The minimum Gasteiger partial charge on any atom is -0.391 e. The van der Waals surface area contributed by atoms with E-state index in [-0.39, 0.29) is 12.1 Å². The van der Waals surface area contributed by atoms with Crippen LogP contribution < -0.4 is 5.32 Å². The van der Waals surface area contributed by atoms with Crippen LogP contribution in [0.25, 0.3) is 0 Å². The molecule has 0 spiro atoms. The summed E-state index contributed by atoms with van der Waals surface area (Å²) in [7, 11) is 1.70. The second kappa shape index (κ2) is 7.27. The zero-order valence-electron chi connectivity index (χ0n) is 11.4. The molecule has 2 atom stereocenters. The fourth-order valence-electron chi connectivity index (χ4n) is 2.64. The Kier molecular flexibility index (Phi) is 5.67. The first kappa shape index (κ1) is 14.8. The lowest BCUT2D eigenvalue weighted by Gasteiger charge is -2.24. The van der Waals surface area contributed by atoms with Gasteiger partial charge in [0.2, 0.25) is 0 Å². The highest BCUT2D eigenvalue weighted by molar-refractivity contribution is 9.10. The van der Waals surface area contributed by atoms with Crippen molar-refractivity contribution in [3.05, 3.63) is 28.2 Å². The molecule has 0 amide bonds. The van der Waals surface area contributed by atoms with Crippen LogP contribution in [0.15, 0.2) is 22.7 Å². The smallest absolute Gasteiger partial charge is 0.0744 e. The third-order valence-corrected chi connectivity index (χ3v) is 4.47. The van der Waals surface area contributed by atoms with Gasteiger partial charge in [-0.3, -0.25) is 0 Å². The van der Waals surface area contributed by atoms with Crippen molar-refractivity contribution in [3.8, 4) is 0 Å². The number of aliphatic hydroxyl groups excluding tert-OH is 1. The molecule has 2 rings (SSSR count). The number of aliphatic hydroxyl groups is 1. The van der Waals surface area contributed by atoms with Crippen molar-refractivity contribution in [2.75, 3.05) is 12.4 Å². The quantitative estimate of drug-likeness (QED) is 0.828. The molecule has 0 aliphatic heterocycles. The third-order valence-electron chi connectivity index (χ3n) is 3.73. The summed E-state index contributed by atoms with van der Waals surface area (Å²) in [6.45, 7) is 0.562. The fraction of sp³-hybridized carbons (Fsp3) is 0.600. The highest BCUT2D eigenvalue weighted by Gasteiger charge is 2.22. The molecule has 2 N–H and O–H groups in total. The SMILES string of the molecule is COCc1c(Br)cccc1NC1CCCCCC1O. The van der Waals surface area contributed by atoms with Gasteiger partial charge in [-0.25, -0.2) is 0 Å². The van der Waals surface area contributed by atoms with E-state index in [0.717, 1.165) is 35.0 Å². The Balaban J connectivity index is 2.15. The van der Waals surface area contributed by atoms with Gasteiger partial charge in [-0.2, -0.15) is 0 Å². The van der Waals surface area contributed by atoms with Crippen LogP contribution in [-0.2, 0) is 11.3 Å². The largest absolute Gasteiger partial charge is 0.391 e. The van der Waals surface area contributed by atoms with Gasteiger partial charge in [-0.15, -0.1) is 0 Å².